The van der Waals surface area contributed by atoms with Gasteiger partial charge in [0.2, 0.25) is 5.91 Å². The molecule has 0 aliphatic carbocycles. The third-order valence-corrected chi connectivity index (χ3v) is 3.99. The predicted octanol–water partition coefficient (Wildman–Crippen LogP) is 0.551. The molecule has 0 aromatic heterocycles. The average Bonchev–Trinajstić information content (AvgIpc) is 2.65. The summed E-state index contributed by atoms with van der Waals surface area (Å²) >= 11 is 0. The predicted molar refractivity (Wildman–Crippen MR) is 88.7 cm³/mol. The molecule has 0 saturated carbocycles. The fourth-order valence-electron chi connectivity index (χ4n) is 2.50. The molecule has 1 aromatic rings. The van der Waals surface area contributed by atoms with Gasteiger partial charge in [-0.05, 0) is 12.1 Å². The molecule has 1 aliphatic rings. The van der Waals surface area contributed by atoms with Gasteiger partial charge < -0.3 is 24.0 Å². The van der Waals surface area contributed by atoms with Gasteiger partial charge >= 0.3 is 5.97 Å². The van der Waals surface area contributed by atoms with Crippen LogP contribution in [0.4, 0.5) is 0 Å². The highest BCUT2D eigenvalue weighted by Gasteiger charge is 2.23. The normalized spacial score (nSPS) is 14.0. The first-order valence-corrected chi connectivity index (χ1v) is 7.88. The molecule has 25 heavy (non-hydrogen) atoms. The van der Waals surface area contributed by atoms with E-state index in [-0.39, 0.29) is 24.0 Å². The molecule has 1 aromatic carbocycles. The zero-order valence-electron chi connectivity index (χ0n) is 14.6. The summed E-state index contributed by atoms with van der Waals surface area (Å²) in [5, 5.41) is 0. The Morgan fingerprint density at radius 3 is 1.92 bits per heavy atom. The van der Waals surface area contributed by atoms with Crippen LogP contribution in [0.15, 0.2) is 18.2 Å². The Hall–Kier alpha value is -2.77. The molecule has 2 rings (SSSR count). The van der Waals surface area contributed by atoms with Gasteiger partial charge in [0, 0.05) is 39.2 Å². The lowest BCUT2D eigenvalue weighted by atomic mass is 10.2. The van der Waals surface area contributed by atoms with E-state index in [0.717, 1.165) is 0 Å². The van der Waals surface area contributed by atoms with E-state index in [1.54, 1.807) is 15.9 Å². The number of ether oxygens (including phenoxy) is 3. The zero-order chi connectivity index (χ0) is 18.4. The van der Waals surface area contributed by atoms with Crippen molar-refractivity contribution in [2.75, 3.05) is 47.0 Å². The number of carbonyl (C=O) groups excluding carboxylic acids is 3. The van der Waals surface area contributed by atoms with E-state index in [1.807, 2.05) is 0 Å². The number of methoxy groups -OCH3 is 2. The highest BCUT2D eigenvalue weighted by molar-refractivity contribution is 5.92. The Labute approximate surface area is 146 Å². The van der Waals surface area contributed by atoms with E-state index in [4.69, 9.17) is 14.2 Å². The summed E-state index contributed by atoms with van der Waals surface area (Å²) in [5.41, 5.74) is 0.241. The molecule has 1 aliphatic heterocycles. The molecule has 0 spiro atoms. The lowest BCUT2D eigenvalue weighted by Crippen LogP contribution is -2.51. The number of hydrogen-bond donors (Lipinski definition) is 0. The summed E-state index contributed by atoms with van der Waals surface area (Å²) in [6.45, 7) is 3.00. The maximum atomic E-state index is 12.2. The summed E-state index contributed by atoms with van der Waals surface area (Å²) < 4.78 is 15.3. The van der Waals surface area contributed by atoms with Crippen LogP contribution in [0, 0.1) is 0 Å². The number of carbonyl (C=O) groups is 3. The second-order valence-electron chi connectivity index (χ2n) is 5.56. The van der Waals surface area contributed by atoms with Gasteiger partial charge in [0.15, 0.2) is 6.61 Å². The van der Waals surface area contributed by atoms with Crippen molar-refractivity contribution in [2.45, 2.75) is 6.92 Å². The second-order valence-corrected chi connectivity index (χ2v) is 5.56. The SMILES string of the molecule is COc1cc(OC)cc(C(=O)OCC(=O)N2CCN(C(C)=O)CC2)c1. The number of rotatable bonds is 5. The van der Waals surface area contributed by atoms with E-state index < -0.39 is 5.97 Å². The zero-order valence-corrected chi connectivity index (χ0v) is 14.6. The minimum Gasteiger partial charge on any atom is -0.497 e. The van der Waals surface area contributed by atoms with Crippen molar-refractivity contribution in [1.29, 1.82) is 0 Å². The Kier molecular flexibility index (Phi) is 6.21. The second kappa shape index (κ2) is 8.36. The van der Waals surface area contributed by atoms with Crippen LogP contribution in [-0.2, 0) is 14.3 Å². The van der Waals surface area contributed by atoms with E-state index in [0.29, 0.717) is 37.7 Å². The maximum absolute atomic E-state index is 12.2. The maximum Gasteiger partial charge on any atom is 0.338 e. The first kappa shape index (κ1) is 18.6. The van der Waals surface area contributed by atoms with Crippen molar-refractivity contribution in [2.24, 2.45) is 0 Å². The standard InChI is InChI=1S/C17H22N2O6/c1-12(20)18-4-6-19(7-5-18)16(21)11-25-17(22)13-8-14(23-2)10-15(9-13)24-3/h8-10H,4-7,11H2,1-3H3. The van der Waals surface area contributed by atoms with Crippen LogP contribution in [0.5, 0.6) is 11.5 Å². The Bertz CT molecular complexity index is 630. The number of hydrogen-bond acceptors (Lipinski definition) is 6. The van der Waals surface area contributed by atoms with Gasteiger partial charge in [-0.15, -0.1) is 0 Å². The molecular weight excluding hydrogens is 328 g/mol. The van der Waals surface area contributed by atoms with Gasteiger partial charge in [0.25, 0.3) is 5.91 Å². The smallest absolute Gasteiger partial charge is 0.338 e. The molecule has 136 valence electrons. The van der Waals surface area contributed by atoms with Crippen molar-refractivity contribution >= 4 is 17.8 Å². The van der Waals surface area contributed by atoms with E-state index in [1.165, 1.54) is 33.3 Å². The van der Waals surface area contributed by atoms with E-state index in [2.05, 4.69) is 0 Å². The van der Waals surface area contributed by atoms with Crippen molar-refractivity contribution in [1.82, 2.24) is 9.80 Å². The molecule has 1 fully saturated rings. The molecule has 8 heteroatoms. The van der Waals surface area contributed by atoms with Gasteiger partial charge in [-0.3, -0.25) is 9.59 Å². The van der Waals surface area contributed by atoms with Crippen molar-refractivity contribution in [3.63, 3.8) is 0 Å². The monoisotopic (exact) mass is 350 g/mol. The highest BCUT2D eigenvalue weighted by Crippen LogP contribution is 2.23. The van der Waals surface area contributed by atoms with E-state index in [9.17, 15) is 14.4 Å². The molecule has 0 unspecified atom stereocenters. The molecule has 0 N–H and O–H groups in total. The van der Waals surface area contributed by atoms with Crippen LogP contribution < -0.4 is 9.47 Å². The van der Waals surface area contributed by atoms with Crippen LogP contribution in [-0.4, -0.2) is 74.6 Å². The van der Waals surface area contributed by atoms with Crippen LogP contribution in [0.25, 0.3) is 0 Å². The summed E-state index contributed by atoms with van der Waals surface area (Å²) in [5.74, 6) is -0.0132. The highest BCUT2D eigenvalue weighted by atomic mass is 16.5. The largest absolute Gasteiger partial charge is 0.497 e. The third kappa shape index (κ3) is 4.85. The number of amides is 2. The van der Waals surface area contributed by atoms with Gasteiger partial charge in [-0.2, -0.15) is 0 Å². The Balaban J connectivity index is 1.89. The van der Waals surface area contributed by atoms with Gasteiger partial charge in [-0.1, -0.05) is 0 Å². The minimum atomic E-state index is -0.632. The third-order valence-electron chi connectivity index (χ3n) is 3.99. The lowest BCUT2D eigenvalue weighted by Gasteiger charge is -2.34. The van der Waals surface area contributed by atoms with Crippen LogP contribution in [0.1, 0.15) is 17.3 Å². The molecular formula is C17H22N2O6. The first-order chi connectivity index (χ1) is 11.9. The topological polar surface area (TPSA) is 85.4 Å². The average molecular weight is 350 g/mol. The summed E-state index contributed by atoms with van der Waals surface area (Å²) in [4.78, 5) is 38.9. The van der Waals surface area contributed by atoms with E-state index >= 15 is 0 Å². The molecule has 8 nitrogen and oxygen atoms in total. The van der Waals surface area contributed by atoms with Crippen LogP contribution in [0.3, 0.4) is 0 Å². The van der Waals surface area contributed by atoms with Crippen molar-refractivity contribution < 1.29 is 28.6 Å². The number of benzene rings is 1. The lowest BCUT2D eigenvalue weighted by molar-refractivity contribution is -0.140. The molecule has 2 amide bonds. The Morgan fingerprint density at radius 2 is 1.44 bits per heavy atom. The molecule has 0 radical (unpaired) electrons. The first-order valence-electron chi connectivity index (χ1n) is 7.88. The van der Waals surface area contributed by atoms with Crippen molar-refractivity contribution in [3.8, 4) is 11.5 Å². The summed E-state index contributed by atoms with van der Waals surface area (Å²) in [6, 6.07) is 4.67. The molecule has 0 bridgehead atoms. The van der Waals surface area contributed by atoms with Crippen LogP contribution >= 0.6 is 0 Å². The molecule has 0 atom stereocenters. The van der Waals surface area contributed by atoms with Gasteiger partial charge in [0.1, 0.15) is 11.5 Å². The van der Waals surface area contributed by atoms with Crippen molar-refractivity contribution in [3.05, 3.63) is 23.8 Å². The summed E-state index contributed by atoms with van der Waals surface area (Å²) in [6.07, 6.45) is 0. The fourth-order valence-corrected chi connectivity index (χ4v) is 2.50. The summed E-state index contributed by atoms with van der Waals surface area (Å²) in [7, 11) is 2.96. The quantitative estimate of drug-likeness (QED) is 0.721. The van der Waals surface area contributed by atoms with Gasteiger partial charge in [-0.25, -0.2) is 4.79 Å². The number of esters is 1. The number of piperazine rings is 1. The minimum absolute atomic E-state index is 0.00880. The molecule has 1 heterocycles. The van der Waals surface area contributed by atoms with Gasteiger partial charge in [0.05, 0.1) is 19.8 Å². The molecule has 1 saturated heterocycles. The fraction of sp³-hybridized carbons (Fsp3) is 0.471. The Morgan fingerprint density at radius 1 is 0.920 bits per heavy atom. The number of nitrogens with zero attached hydrogens (tertiary/aromatic N) is 2. The van der Waals surface area contributed by atoms with Crippen LogP contribution in [0.2, 0.25) is 0 Å².